The van der Waals surface area contributed by atoms with Crippen LogP contribution in [0.15, 0.2) is 72.8 Å². The first-order chi connectivity index (χ1) is 15.9. The number of nitrogen functional groups attached to an aromatic ring is 1. The maximum absolute atomic E-state index is 12.3. The van der Waals surface area contributed by atoms with Crippen LogP contribution in [0.5, 0.6) is 0 Å². The van der Waals surface area contributed by atoms with Crippen molar-refractivity contribution in [3.8, 4) is 0 Å². The minimum Gasteiger partial charge on any atom is -0.398 e. The molecule has 5 N–H and O–H groups in total. The predicted molar refractivity (Wildman–Crippen MR) is 130 cm³/mol. The molecule has 0 aliphatic carbocycles. The molecular weight excluding hydrogens is 416 g/mol. The Morgan fingerprint density at radius 2 is 1.21 bits per heavy atom. The van der Waals surface area contributed by atoms with Gasteiger partial charge >= 0.3 is 0 Å². The molecule has 3 aromatic carbocycles. The highest BCUT2D eigenvalue weighted by atomic mass is 16.2. The van der Waals surface area contributed by atoms with Crippen LogP contribution in [0, 0.1) is 0 Å². The Hall–Kier alpha value is -4.13. The van der Waals surface area contributed by atoms with Gasteiger partial charge in [0.1, 0.15) is 0 Å². The third-order valence-electron chi connectivity index (χ3n) is 5.11. The van der Waals surface area contributed by atoms with Crippen molar-refractivity contribution in [2.75, 3.05) is 24.1 Å². The van der Waals surface area contributed by atoms with E-state index in [1.807, 2.05) is 48.5 Å². The zero-order valence-corrected chi connectivity index (χ0v) is 18.6. The van der Waals surface area contributed by atoms with Crippen LogP contribution in [-0.2, 0) is 17.6 Å². The third-order valence-corrected chi connectivity index (χ3v) is 5.11. The maximum Gasteiger partial charge on any atom is 0.251 e. The average Bonchev–Trinajstić information content (AvgIpc) is 2.82. The molecule has 3 amide bonds. The van der Waals surface area contributed by atoms with Gasteiger partial charge in [0.05, 0.1) is 0 Å². The summed E-state index contributed by atoms with van der Waals surface area (Å²) >= 11 is 0. The van der Waals surface area contributed by atoms with Crippen LogP contribution < -0.4 is 21.7 Å². The molecule has 0 atom stereocenters. The Balaban J connectivity index is 1.62. The van der Waals surface area contributed by atoms with Gasteiger partial charge in [0, 0.05) is 42.5 Å². The Bertz CT molecular complexity index is 1120. The van der Waals surface area contributed by atoms with Crippen molar-refractivity contribution in [3.63, 3.8) is 0 Å². The molecule has 0 radical (unpaired) electrons. The summed E-state index contributed by atoms with van der Waals surface area (Å²) in [6.07, 6.45) is 1.02. The molecular formula is C26H28N4O3. The van der Waals surface area contributed by atoms with Gasteiger partial charge in [-0.3, -0.25) is 14.4 Å². The van der Waals surface area contributed by atoms with Crippen molar-refractivity contribution >= 4 is 29.1 Å². The van der Waals surface area contributed by atoms with Gasteiger partial charge in [0.15, 0.2) is 0 Å². The van der Waals surface area contributed by atoms with Gasteiger partial charge in [0.2, 0.25) is 5.91 Å². The first-order valence-corrected chi connectivity index (χ1v) is 10.8. The Morgan fingerprint density at radius 1 is 0.727 bits per heavy atom. The zero-order chi connectivity index (χ0) is 23.6. The van der Waals surface area contributed by atoms with Crippen LogP contribution in [0.1, 0.15) is 38.8 Å². The van der Waals surface area contributed by atoms with Crippen molar-refractivity contribution in [1.82, 2.24) is 10.6 Å². The van der Waals surface area contributed by atoms with Crippen LogP contribution in [0.2, 0.25) is 0 Å². The summed E-state index contributed by atoms with van der Waals surface area (Å²) < 4.78 is 0. The van der Waals surface area contributed by atoms with E-state index in [9.17, 15) is 14.4 Å². The topological polar surface area (TPSA) is 113 Å². The van der Waals surface area contributed by atoms with Gasteiger partial charge in [-0.2, -0.15) is 0 Å². The normalized spacial score (nSPS) is 10.3. The van der Waals surface area contributed by atoms with Gasteiger partial charge < -0.3 is 21.7 Å². The van der Waals surface area contributed by atoms with E-state index in [1.165, 1.54) is 6.92 Å². The molecule has 7 nitrogen and oxygen atoms in total. The molecule has 7 heteroatoms. The molecule has 0 unspecified atom stereocenters. The van der Waals surface area contributed by atoms with Crippen LogP contribution in [0.25, 0.3) is 0 Å². The van der Waals surface area contributed by atoms with E-state index in [0.29, 0.717) is 48.4 Å². The molecule has 0 saturated heterocycles. The predicted octanol–water partition coefficient (Wildman–Crippen LogP) is 3.17. The fourth-order valence-electron chi connectivity index (χ4n) is 3.44. The number of anilines is 2. The summed E-state index contributed by atoms with van der Waals surface area (Å²) in [5, 5.41) is 8.61. The van der Waals surface area contributed by atoms with Crippen molar-refractivity contribution in [1.29, 1.82) is 0 Å². The first kappa shape index (κ1) is 23.5. The lowest BCUT2D eigenvalue weighted by atomic mass is 10.0. The molecule has 0 bridgehead atoms. The number of hydrogen-bond donors (Lipinski definition) is 4. The number of carbonyl (C=O) groups excluding carboxylic acids is 3. The average molecular weight is 445 g/mol. The number of rotatable bonds is 9. The largest absolute Gasteiger partial charge is 0.398 e. The summed E-state index contributed by atoms with van der Waals surface area (Å²) in [7, 11) is 0. The van der Waals surface area contributed by atoms with Gasteiger partial charge in [-0.05, 0) is 60.4 Å². The highest BCUT2D eigenvalue weighted by molar-refractivity contribution is 5.94. The van der Waals surface area contributed by atoms with Crippen molar-refractivity contribution < 1.29 is 14.4 Å². The van der Waals surface area contributed by atoms with E-state index in [0.717, 1.165) is 11.1 Å². The lowest BCUT2D eigenvalue weighted by Crippen LogP contribution is -2.26. The molecule has 0 spiro atoms. The molecule has 0 saturated carbocycles. The lowest BCUT2D eigenvalue weighted by Gasteiger charge is -2.16. The van der Waals surface area contributed by atoms with Gasteiger partial charge in [-0.15, -0.1) is 0 Å². The second kappa shape index (κ2) is 11.5. The Kier molecular flexibility index (Phi) is 8.18. The van der Waals surface area contributed by atoms with Crippen LogP contribution in [0.3, 0.4) is 0 Å². The Labute approximate surface area is 193 Å². The van der Waals surface area contributed by atoms with E-state index in [2.05, 4.69) is 16.0 Å². The fraction of sp³-hybridized carbons (Fsp3) is 0.192. The minimum absolute atomic E-state index is 0.151. The van der Waals surface area contributed by atoms with E-state index >= 15 is 0 Å². The number of hydrogen-bond acceptors (Lipinski definition) is 4. The summed E-state index contributed by atoms with van der Waals surface area (Å²) in [6, 6.07) is 21.6. The van der Waals surface area contributed by atoms with E-state index in [4.69, 9.17) is 5.73 Å². The SMILES string of the molecule is CC(=O)Nc1cc(CCNC(=O)c2ccccc2)c(N)cc1CCNC(=O)c1ccccc1. The summed E-state index contributed by atoms with van der Waals surface area (Å²) in [4.78, 5) is 36.2. The summed E-state index contributed by atoms with van der Waals surface area (Å²) in [5.41, 5.74) is 10.3. The lowest BCUT2D eigenvalue weighted by molar-refractivity contribution is -0.114. The summed E-state index contributed by atoms with van der Waals surface area (Å²) in [6.45, 7) is 2.24. The number of benzene rings is 3. The summed E-state index contributed by atoms with van der Waals surface area (Å²) in [5.74, 6) is -0.505. The van der Waals surface area contributed by atoms with Gasteiger partial charge in [-0.25, -0.2) is 0 Å². The van der Waals surface area contributed by atoms with Gasteiger partial charge in [-0.1, -0.05) is 36.4 Å². The molecule has 0 heterocycles. The molecule has 33 heavy (non-hydrogen) atoms. The minimum atomic E-state index is -0.197. The maximum atomic E-state index is 12.3. The molecule has 3 aromatic rings. The number of nitrogens with one attached hydrogen (secondary N) is 3. The second-order valence-corrected chi connectivity index (χ2v) is 7.63. The van der Waals surface area contributed by atoms with Crippen molar-refractivity contribution in [2.45, 2.75) is 19.8 Å². The van der Waals surface area contributed by atoms with Crippen molar-refractivity contribution in [3.05, 3.63) is 95.1 Å². The molecule has 0 aliphatic heterocycles. The highest BCUT2D eigenvalue weighted by Gasteiger charge is 2.12. The number of nitrogens with two attached hydrogens (primary N) is 1. The number of amides is 3. The molecule has 0 fully saturated rings. The monoisotopic (exact) mass is 444 g/mol. The van der Waals surface area contributed by atoms with Crippen LogP contribution in [-0.4, -0.2) is 30.8 Å². The quantitative estimate of drug-likeness (QED) is 0.380. The van der Waals surface area contributed by atoms with Crippen molar-refractivity contribution in [2.24, 2.45) is 0 Å². The smallest absolute Gasteiger partial charge is 0.251 e. The zero-order valence-electron chi connectivity index (χ0n) is 18.6. The van der Waals surface area contributed by atoms with E-state index in [-0.39, 0.29) is 17.7 Å². The van der Waals surface area contributed by atoms with E-state index in [1.54, 1.807) is 24.3 Å². The number of carbonyl (C=O) groups is 3. The van der Waals surface area contributed by atoms with E-state index < -0.39 is 0 Å². The standard InChI is InChI=1S/C26H28N4O3/c1-18(31)30-24-17-21(12-14-28-25(32)19-8-4-2-5-9-19)23(27)16-22(24)13-15-29-26(33)20-10-6-3-7-11-20/h2-11,16-17H,12-15,27H2,1H3,(H,28,32)(H,29,33)(H,30,31). The third kappa shape index (κ3) is 6.93. The first-order valence-electron chi connectivity index (χ1n) is 10.8. The van der Waals surface area contributed by atoms with Crippen LogP contribution in [0.4, 0.5) is 11.4 Å². The molecule has 0 aromatic heterocycles. The van der Waals surface area contributed by atoms with Gasteiger partial charge in [0.25, 0.3) is 11.8 Å². The second-order valence-electron chi connectivity index (χ2n) is 7.63. The molecule has 3 rings (SSSR count). The Morgan fingerprint density at radius 3 is 1.70 bits per heavy atom. The highest BCUT2D eigenvalue weighted by Crippen LogP contribution is 2.24. The fourth-order valence-corrected chi connectivity index (χ4v) is 3.44. The van der Waals surface area contributed by atoms with Crippen LogP contribution >= 0.6 is 0 Å². The molecule has 0 aliphatic rings. The molecule has 170 valence electrons.